The molecule has 0 aliphatic carbocycles. The predicted molar refractivity (Wildman–Crippen MR) is 168 cm³/mol. The number of fused-ring (bicyclic) bond motifs is 8. The van der Waals surface area contributed by atoms with Crippen LogP contribution in [0.2, 0.25) is 0 Å². The minimum absolute atomic E-state index is 0. The van der Waals surface area contributed by atoms with Crippen LogP contribution in [0.15, 0.2) is 72.8 Å². The minimum Gasteiger partial charge on any atom is -0.347 e. The summed E-state index contributed by atoms with van der Waals surface area (Å²) < 4.78 is 0. The van der Waals surface area contributed by atoms with Crippen LogP contribution in [0.5, 0.6) is 0 Å². The Kier molecular flexibility index (Phi) is 9.44. The van der Waals surface area contributed by atoms with Gasteiger partial charge in [0.25, 0.3) is 0 Å². The molecule has 5 rings (SSSR count). The second-order valence-corrected chi connectivity index (χ2v) is 11.4. The van der Waals surface area contributed by atoms with Gasteiger partial charge in [-0.25, -0.2) is 9.97 Å². The van der Waals surface area contributed by atoms with Crippen LogP contribution >= 0.6 is 0 Å². The van der Waals surface area contributed by atoms with Crippen molar-refractivity contribution in [1.29, 1.82) is 0 Å². The van der Waals surface area contributed by atoms with Crippen LogP contribution in [0, 0.1) is 12.1 Å². The van der Waals surface area contributed by atoms with Gasteiger partial charge in [0.1, 0.15) is 23.3 Å². The van der Waals surface area contributed by atoms with Gasteiger partial charge >= 0.3 is 21.1 Å². The van der Waals surface area contributed by atoms with Gasteiger partial charge in [-0.15, -0.1) is 36.4 Å². The monoisotopic (exact) mass is 727 g/mol. The number of aromatic nitrogens is 2. The van der Waals surface area contributed by atoms with Crippen molar-refractivity contribution in [2.24, 2.45) is 0 Å². The topological polar surface area (TPSA) is 38.7 Å². The average Bonchev–Trinajstić information content (AvgIpc) is 2.89. The number of anilines is 8. The molecule has 41 heavy (non-hydrogen) atoms. The minimum atomic E-state index is 0. The molecule has 3 heterocycles. The summed E-state index contributed by atoms with van der Waals surface area (Å²) in [6.45, 7) is 17.5. The Hall–Kier alpha value is -3.37. The molecule has 4 aromatic rings. The maximum Gasteiger partial charge on any atom is 2.00 e. The largest absolute Gasteiger partial charge is 2.00 e. The average molecular weight is 728 g/mol. The first-order valence-corrected chi connectivity index (χ1v) is 14.3. The first-order chi connectivity index (χ1) is 19.2. The summed E-state index contributed by atoms with van der Waals surface area (Å²) in [6, 6.07) is 33.3. The molecule has 0 fully saturated rings. The molecule has 8 bridgehead atoms. The van der Waals surface area contributed by atoms with Crippen molar-refractivity contribution in [3.63, 3.8) is 0 Å². The molecule has 0 N–H and O–H groups in total. The molecule has 1 aliphatic rings. The normalized spacial score (nSPS) is 13.4. The van der Waals surface area contributed by atoms with Crippen molar-refractivity contribution in [3.8, 4) is 0 Å². The summed E-state index contributed by atoms with van der Waals surface area (Å²) in [7, 11) is 0. The molecular formula is C34H40N6Pt. The standard InChI is InChI=1S/C34H40N6.Pt/c1-23(2)37-27-13-9-14-28(21-27)38(24(3)4)33-19-12-20-34(36-33)40(26(7)8)30-16-10-15-29(22-30)39(25(5)6)32-18-11-17-31(37)35-32;/h9-20,23-26H,1-8H3;/q-2;+2. The van der Waals surface area contributed by atoms with Crippen LogP contribution < -0.4 is 19.6 Å². The van der Waals surface area contributed by atoms with E-state index in [1.165, 1.54) is 0 Å². The van der Waals surface area contributed by atoms with Crippen molar-refractivity contribution >= 4 is 46.0 Å². The van der Waals surface area contributed by atoms with E-state index in [9.17, 15) is 0 Å². The molecular weight excluding hydrogens is 687 g/mol. The predicted octanol–water partition coefficient (Wildman–Crippen LogP) is 8.57. The van der Waals surface area contributed by atoms with Gasteiger partial charge < -0.3 is 19.6 Å². The molecule has 216 valence electrons. The zero-order valence-corrected chi connectivity index (χ0v) is 27.5. The van der Waals surface area contributed by atoms with Gasteiger partial charge in [-0.2, -0.15) is 12.1 Å². The van der Waals surface area contributed by atoms with Crippen LogP contribution in [0.4, 0.5) is 46.0 Å². The van der Waals surface area contributed by atoms with Gasteiger partial charge in [0, 0.05) is 24.2 Å². The van der Waals surface area contributed by atoms with Crippen LogP contribution in [-0.4, -0.2) is 34.1 Å². The van der Waals surface area contributed by atoms with E-state index < -0.39 is 0 Å². The number of rotatable bonds is 4. The van der Waals surface area contributed by atoms with Gasteiger partial charge in [0.05, 0.1) is 0 Å². The van der Waals surface area contributed by atoms with Crippen molar-refractivity contribution in [1.82, 2.24) is 9.97 Å². The van der Waals surface area contributed by atoms with Gasteiger partial charge in [-0.05, 0) is 79.7 Å². The Bertz CT molecular complexity index is 1170. The van der Waals surface area contributed by atoms with E-state index in [2.05, 4.69) is 160 Å². The van der Waals surface area contributed by atoms with E-state index in [0.717, 1.165) is 46.0 Å². The molecule has 0 unspecified atom stereocenters. The second-order valence-electron chi connectivity index (χ2n) is 11.4. The van der Waals surface area contributed by atoms with Gasteiger partial charge in [0.15, 0.2) is 0 Å². The Morgan fingerprint density at radius 3 is 0.854 bits per heavy atom. The number of pyridine rings is 2. The Morgan fingerprint density at radius 1 is 0.415 bits per heavy atom. The van der Waals surface area contributed by atoms with Crippen LogP contribution in [0.3, 0.4) is 0 Å². The van der Waals surface area contributed by atoms with Gasteiger partial charge in [0.2, 0.25) is 0 Å². The SMILES string of the molecule is CC(C)N1c2[c-]c(ccc2)N(C(C)C)c2cccc(n2)N(C(C)C)c2[c-]c(ccc2)N(C(C)C)c2cccc1n2.[Pt+2]. The molecule has 2 aromatic heterocycles. The zero-order chi connectivity index (χ0) is 28.6. The van der Waals surface area contributed by atoms with Crippen LogP contribution in [0.25, 0.3) is 0 Å². The third kappa shape index (κ3) is 6.13. The summed E-state index contributed by atoms with van der Waals surface area (Å²) in [6.07, 6.45) is 0. The Morgan fingerprint density at radius 2 is 0.634 bits per heavy atom. The zero-order valence-electron chi connectivity index (χ0n) is 25.2. The van der Waals surface area contributed by atoms with E-state index in [1.54, 1.807) is 0 Å². The molecule has 0 atom stereocenters. The number of nitrogens with zero attached hydrogens (tertiary/aromatic N) is 6. The molecule has 0 radical (unpaired) electrons. The molecule has 7 heteroatoms. The quantitative estimate of drug-likeness (QED) is 0.196. The van der Waals surface area contributed by atoms with Crippen molar-refractivity contribution in [2.45, 2.75) is 79.6 Å². The fourth-order valence-corrected chi connectivity index (χ4v) is 5.48. The second kappa shape index (κ2) is 12.6. The first-order valence-electron chi connectivity index (χ1n) is 14.3. The molecule has 0 saturated carbocycles. The van der Waals surface area contributed by atoms with Crippen LogP contribution in [0.1, 0.15) is 55.4 Å². The molecule has 1 aliphatic heterocycles. The van der Waals surface area contributed by atoms with Gasteiger partial charge in [-0.1, -0.05) is 34.9 Å². The summed E-state index contributed by atoms with van der Waals surface area (Å²) >= 11 is 0. The fraction of sp³-hybridized carbons (Fsp3) is 0.353. The summed E-state index contributed by atoms with van der Waals surface area (Å²) in [5, 5.41) is 0. The Balaban J connectivity index is 0.00000387. The Labute approximate surface area is 260 Å². The number of hydrogen-bond acceptors (Lipinski definition) is 6. The van der Waals surface area contributed by atoms with Gasteiger partial charge in [-0.3, -0.25) is 0 Å². The summed E-state index contributed by atoms with van der Waals surface area (Å²) in [4.78, 5) is 19.4. The molecule has 2 aromatic carbocycles. The van der Waals surface area contributed by atoms with Crippen molar-refractivity contribution in [3.05, 3.63) is 84.9 Å². The number of hydrogen-bond donors (Lipinski definition) is 0. The number of benzene rings is 2. The molecule has 0 saturated heterocycles. The maximum absolute atomic E-state index is 5.22. The van der Waals surface area contributed by atoms with Crippen LogP contribution in [-0.2, 0) is 21.1 Å². The third-order valence-electron chi connectivity index (χ3n) is 7.06. The molecule has 6 nitrogen and oxygen atoms in total. The third-order valence-corrected chi connectivity index (χ3v) is 7.06. The van der Waals surface area contributed by atoms with E-state index in [4.69, 9.17) is 9.97 Å². The molecule has 0 spiro atoms. The summed E-state index contributed by atoms with van der Waals surface area (Å²) in [5.41, 5.74) is 3.89. The van der Waals surface area contributed by atoms with Crippen molar-refractivity contribution < 1.29 is 21.1 Å². The van der Waals surface area contributed by atoms with E-state index in [-0.39, 0.29) is 45.2 Å². The van der Waals surface area contributed by atoms with E-state index in [1.807, 2.05) is 0 Å². The first kappa shape index (κ1) is 30.6. The van der Waals surface area contributed by atoms with E-state index >= 15 is 0 Å². The van der Waals surface area contributed by atoms with Crippen molar-refractivity contribution in [2.75, 3.05) is 19.6 Å². The summed E-state index contributed by atoms with van der Waals surface area (Å²) in [5.74, 6) is 3.54. The maximum atomic E-state index is 5.22. The fourth-order valence-electron chi connectivity index (χ4n) is 5.48. The molecule has 0 amide bonds. The smallest absolute Gasteiger partial charge is 0.347 e. The van der Waals surface area contributed by atoms with E-state index in [0.29, 0.717) is 0 Å².